The predicted molar refractivity (Wildman–Crippen MR) is 124 cm³/mol. The Labute approximate surface area is 186 Å². The van der Waals surface area contributed by atoms with Crippen molar-refractivity contribution in [2.75, 3.05) is 6.61 Å². The fourth-order valence-corrected chi connectivity index (χ4v) is 3.43. The minimum atomic E-state index is -0.466. The minimum absolute atomic E-state index is 0.0662. The number of benzene rings is 3. The zero-order valence-corrected chi connectivity index (χ0v) is 17.9. The Hall–Kier alpha value is -3.86. The highest BCUT2D eigenvalue weighted by molar-refractivity contribution is 5.94. The lowest BCUT2D eigenvalue weighted by atomic mass is 10.1. The van der Waals surface area contributed by atoms with Gasteiger partial charge in [-0.2, -0.15) is 0 Å². The molecular formula is C27H24O5. The van der Waals surface area contributed by atoms with E-state index in [2.05, 4.69) is 0 Å². The van der Waals surface area contributed by atoms with Gasteiger partial charge < -0.3 is 13.9 Å². The van der Waals surface area contributed by atoms with E-state index in [9.17, 15) is 9.59 Å². The summed E-state index contributed by atoms with van der Waals surface area (Å²) < 4.78 is 17.1. The number of hydrogen-bond donors (Lipinski definition) is 0. The van der Waals surface area contributed by atoms with Crippen LogP contribution in [0.25, 0.3) is 11.0 Å². The van der Waals surface area contributed by atoms with E-state index in [-0.39, 0.29) is 5.78 Å². The molecule has 0 amide bonds. The molecule has 0 saturated carbocycles. The van der Waals surface area contributed by atoms with Gasteiger partial charge in [-0.15, -0.1) is 0 Å². The molecule has 5 heteroatoms. The van der Waals surface area contributed by atoms with Gasteiger partial charge in [0.2, 0.25) is 0 Å². The zero-order valence-electron chi connectivity index (χ0n) is 17.9. The monoisotopic (exact) mass is 428 g/mol. The van der Waals surface area contributed by atoms with Gasteiger partial charge in [-0.05, 0) is 43.0 Å². The molecule has 3 aromatic carbocycles. The summed E-state index contributed by atoms with van der Waals surface area (Å²) in [6.07, 6.45) is 1.67. The fraction of sp³-hybridized carbons (Fsp3) is 0.185. The molecule has 4 rings (SSSR count). The van der Waals surface area contributed by atoms with Gasteiger partial charge in [-0.1, -0.05) is 54.6 Å². The molecule has 4 aromatic rings. The molecule has 0 atom stereocenters. The Bertz CT molecular complexity index is 1260. The first-order valence-corrected chi connectivity index (χ1v) is 10.6. The highest BCUT2D eigenvalue weighted by atomic mass is 16.5. The van der Waals surface area contributed by atoms with E-state index in [0.717, 1.165) is 34.9 Å². The average molecular weight is 428 g/mol. The number of rotatable bonds is 9. The van der Waals surface area contributed by atoms with Gasteiger partial charge in [0, 0.05) is 11.6 Å². The van der Waals surface area contributed by atoms with Crippen molar-refractivity contribution >= 4 is 16.8 Å². The molecule has 0 spiro atoms. The molecule has 0 aliphatic carbocycles. The number of fused-ring (bicyclic) bond motifs is 1. The first-order chi connectivity index (χ1) is 15.6. The van der Waals surface area contributed by atoms with Crippen molar-refractivity contribution in [3.05, 3.63) is 106 Å². The number of aryl methyl sites for hydroxylation is 1. The van der Waals surface area contributed by atoms with Crippen molar-refractivity contribution in [1.82, 2.24) is 0 Å². The highest BCUT2D eigenvalue weighted by Gasteiger charge is 2.09. The number of ketones is 1. The second kappa shape index (κ2) is 9.96. The van der Waals surface area contributed by atoms with Crippen LogP contribution in [0, 0.1) is 0 Å². The lowest BCUT2D eigenvalue weighted by Gasteiger charge is -2.10. The van der Waals surface area contributed by atoms with Crippen LogP contribution in [0.1, 0.15) is 34.8 Å². The molecule has 0 unspecified atom stereocenters. The van der Waals surface area contributed by atoms with E-state index in [0.29, 0.717) is 30.3 Å². The third kappa shape index (κ3) is 5.43. The largest absolute Gasteiger partial charge is 0.493 e. The van der Waals surface area contributed by atoms with Gasteiger partial charge in [0.1, 0.15) is 23.7 Å². The van der Waals surface area contributed by atoms with E-state index in [1.807, 2.05) is 66.7 Å². The number of carbonyl (C=O) groups excluding carboxylic acids is 1. The summed E-state index contributed by atoms with van der Waals surface area (Å²) in [5.74, 6) is 1.19. The van der Waals surface area contributed by atoms with E-state index in [1.54, 1.807) is 13.0 Å². The third-order valence-corrected chi connectivity index (χ3v) is 5.15. The Morgan fingerprint density at radius 3 is 2.41 bits per heavy atom. The minimum Gasteiger partial charge on any atom is -0.493 e. The van der Waals surface area contributed by atoms with E-state index in [1.165, 1.54) is 6.07 Å². The maximum atomic E-state index is 12.0. The van der Waals surface area contributed by atoms with Gasteiger partial charge in [0.25, 0.3) is 0 Å². The predicted octanol–water partition coefficient (Wildman–Crippen LogP) is 5.59. The second-order valence-electron chi connectivity index (χ2n) is 7.57. The molecule has 0 N–H and O–H groups in total. The maximum Gasteiger partial charge on any atom is 0.339 e. The van der Waals surface area contributed by atoms with Crippen molar-refractivity contribution < 1.29 is 18.7 Å². The molecule has 0 fully saturated rings. The van der Waals surface area contributed by atoms with Crippen LogP contribution in [-0.4, -0.2) is 12.4 Å². The maximum absolute atomic E-state index is 12.0. The van der Waals surface area contributed by atoms with Crippen LogP contribution < -0.4 is 15.1 Å². The van der Waals surface area contributed by atoms with Crippen molar-refractivity contribution in [2.24, 2.45) is 0 Å². The summed E-state index contributed by atoms with van der Waals surface area (Å²) >= 11 is 0. The standard InChI is InChI=1S/C27H24O5/c1-19(28)22-11-9-20(10-12-22)8-5-15-30-23-13-14-24-25(17-27(29)32-26(24)16-23)31-18-21-6-3-2-4-7-21/h2-4,6-7,9-14,16-17H,5,8,15,18H2,1H3. The Morgan fingerprint density at radius 1 is 0.875 bits per heavy atom. The van der Waals surface area contributed by atoms with Crippen LogP contribution in [0.5, 0.6) is 11.5 Å². The molecule has 0 radical (unpaired) electrons. The van der Waals surface area contributed by atoms with Gasteiger partial charge in [0.05, 0.1) is 18.1 Å². The first kappa shape index (κ1) is 21.4. The van der Waals surface area contributed by atoms with Crippen LogP contribution in [0.4, 0.5) is 0 Å². The first-order valence-electron chi connectivity index (χ1n) is 10.6. The molecule has 0 aliphatic rings. The summed E-state index contributed by atoms with van der Waals surface area (Å²) in [4.78, 5) is 23.4. The summed E-state index contributed by atoms with van der Waals surface area (Å²) in [5, 5.41) is 0.721. The van der Waals surface area contributed by atoms with Gasteiger partial charge >= 0.3 is 5.63 Å². The topological polar surface area (TPSA) is 65.7 Å². The Balaban J connectivity index is 1.37. The van der Waals surface area contributed by atoms with Crippen LogP contribution >= 0.6 is 0 Å². The summed E-state index contributed by atoms with van der Waals surface area (Å²) in [5.41, 5.74) is 2.85. The van der Waals surface area contributed by atoms with Crippen LogP contribution in [0.15, 0.2) is 88.1 Å². The molecule has 5 nitrogen and oxygen atoms in total. The van der Waals surface area contributed by atoms with E-state index >= 15 is 0 Å². The molecule has 162 valence electrons. The number of hydrogen-bond acceptors (Lipinski definition) is 5. The smallest absolute Gasteiger partial charge is 0.339 e. The summed E-state index contributed by atoms with van der Waals surface area (Å²) in [6, 6.07) is 24.2. The van der Waals surface area contributed by atoms with Crippen LogP contribution in [0.3, 0.4) is 0 Å². The highest BCUT2D eigenvalue weighted by Crippen LogP contribution is 2.28. The van der Waals surface area contributed by atoms with Crippen molar-refractivity contribution in [1.29, 1.82) is 0 Å². The van der Waals surface area contributed by atoms with Crippen molar-refractivity contribution in [3.8, 4) is 11.5 Å². The SMILES string of the molecule is CC(=O)c1ccc(CCCOc2ccc3c(OCc4ccccc4)cc(=O)oc3c2)cc1. The van der Waals surface area contributed by atoms with Crippen molar-refractivity contribution in [2.45, 2.75) is 26.4 Å². The number of carbonyl (C=O) groups is 1. The quantitative estimate of drug-likeness (QED) is 0.198. The lowest BCUT2D eigenvalue weighted by Crippen LogP contribution is -2.03. The van der Waals surface area contributed by atoms with Crippen LogP contribution in [0.2, 0.25) is 0 Å². The van der Waals surface area contributed by atoms with Gasteiger partial charge in [0.15, 0.2) is 5.78 Å². The Morgan fingerprint density at radius 2 is 1.66 bits per heavy atom. The van der Waals surface area contributed by atoms with Crippen molar-refractivity contribution in [3.63, 3.8) is 0 Å². The third-order valence-electron chi connectivity index (χ3n) is 5.15. The lowest BCUT2D eigenvalue weighted by molar-refractivity contribution is 0.101. The zero-order chi connectivity index (χ0) is 22.3. The molecule has 1 heterocycles. The molecule has 1 aromatic heterocycles. The average Bonchev–Trinajstić information content (AvgIpc) is 2.81. The second-order valence-corrected chi connectivity index (χ2v) is 7.57. The molecule has 0 bridgehead atoms. The van der Waals surface area contributed by atoms with E-state index < -0.39 is 5.63 Å². The molecule has 0 saturated heterocycles. The Kier molecular flexibility index (Phi) is 6.66. The summed E-state index contributed by atoms with van der Waals surface area (Å²) in [6.45, 7) is 2.45. The normalized spacial score (nSPS) is 10.8. The number of ether oxygens (including phenoxy) is 2. The van der Waals surface area contributed by atoms with Gasteiger partial charge in [-0.3, -0.25) is 4.79 Å². The molecule has 0 aliphatic heterocycles. The number of Topliss-reactive ketones (excluding diaryl/α,β-unsaturated/α-hetero) is 1. The summed E-state index contributed by atoms with van der Waals surface area (Å²) in [7, 11) is 0. The molecule has 32 heavy (non-hydrogen) atoms. The fourth-order valence-electron chi connectivity index (χ4n) is 3.43. The van der Waals surface area contributed by atoms with Crippen LogP contribution in [-0.2, 0) is 13.0 Å². The molecular weight excluding hydrogens is 404 g/mol. The van der Waals surface area contributed by atoms with Gasteiger partial charge in [-0.25, -0.2) is 4.79 Å². The van der Waals surface area contributed by atoms with E-state index in [4.69, 9.17) is 13.9 Å².